The van der Waals surface area contributed by atoms with E-state index in [9.17, 15) is 19.3 Å². The van der Waals surface area contributed by atoms with E-state index in [0.717, 1.165) is 0 Å². The Bertz CT molecular complexity index is 1190. The summed E-state index contributed by atoms with van der Waals surface area (Å²) in [5.74, 6) is -1.97. The second kappa shape index (κ2) is 13.0. The average Bonchev–Trinajstić information content (AvgIpc) is 3.25. The lowest BCUT2D eigenvalue weighted by atomic mass is 9.89. The number of pyridine rings is 1. The number of aromatic nitrogens is 1. The van der Waals surface area contributed by atoms with Crippen molar-refractivity contribution in [3.63, 3.8) is 0 Å². The Balaban J connectivity index is 1.82. The number of carboxylic acids is 1. The summed E-state index contributed by atoms with van der Waals surface area (Å²) in [7, 11) is -4.10. The van der Waals surface area contributed by atoms with Gasteiger partial charge in [0, 0.05) is 12.0 Å². The first kappa shape index (κ1) is 29.3. The predicted octanol–water partition coefficient (Wildman–Crippen LogP) is 4.31. The minimum atomic E-state index is -4.10. The molecule has 38 heavy (non-hydrogen) atoms. The Morgan fingerprint density at radius 1 is 1.13 bits per heavy atom. The number of carboxylic acid groups (broad SMARTS) is 1. The second-order valence-corrected chi connectivity index (χ2v) is 10.8. The fourth-order valence-electron chi connectivity index (χ4n) is 4.08. The summed E-state index contributed by atoms with van der Waals surface area (Å²) >= 11 is 0. The van der Waals surface area contributed by atoms with Gasteiger partial charge in [-0.3, -0.25) is 9.32 Å². The Morgan fingerprint density at radius 3 is 2.42 bits per heavy atom. The van der Waals surface area contributed by atoms with Crippen LogP contribution in [0.1, 0.15) is 37.4 Å². The zero-order valence-electron chi connectivity index (χ0n) is 21.6. The molecule has 1 fully saturated rings. The van der Waals surface area contributed by atoms with Gasteiger partial charge in [0.05, 0.1) is 24.7 Å². The molecule has 0 amide bonds. The minimum Gasteiger partial charge on any atom is -0.477 e. The molecule has 0 radical (unpaired) electrons. The molecule has 1 aromatic carbocycles. The number of ether oxygens (including phenoxy) is 2. The van der Waals surface area contributed by atoms with Gasteiger partial charge in [-0.05, 0) is 39.0 Å². The van der Waals surface area contributed by atoms with E-state index in [1.165, 1.54) is 19.2 Å². The maximum atomic E-state index is 13.8. The number of hydrogen-bond donors (Lipinski definition) is 2. The van der Waals surface area contributed by atoms with E-state index < -0.39 is 38.1 Å². The van der Waals surface area contributed by atoms with Crippen LogP contribution in [0.15, 0.2) is 80.2 Å². The highest BCUT2D eigenvalue weighted by Crippen LogP contribution is 2.47. The van der Waals surface area contributed by atoms with Crippen LogP contribution in [0.25, 0.3) is 0 Å². The van der Waals surface area contributed by atoms with E-state index in [2.05, 4.69) is 18.2 Å². The van der Waals surface area contributed by atoms with Crippen LogP contribution in [0.3, 0.4) is 0 Å². The first-order valence-corrected chi connectivity index (χ1v) is 13.7. The molecule has 2 aromatic rings. The van der Waals surface area contributed by atoms with Crippen molar-refractivity contribution in [2.24, 2.45) is 11.8 Å². The molecule has 0 bridgehead atoms. The molecule has 1 aliphatic rings. The lowest BCUT2D eigenvalue weighted by Gasteiger charge is -2.25. The van der Waals surface area contributed by atoms with E-state index in [0.29, 0.717) is 0 Å². The van der Waals surface area contributed by atoms with E-state index in [-0.39, 0.29) is 35.9 Å². The Hall–Kier alpha value is -3.30. The molecule has 0 saturated carbocycles. The van der Waals surface area contributed by atoms with Gasteiger partial charge in [0.25, 0.3) is 6.23 Å². The van der Waals surface area contributed by atoms with E-state index in [1.54, 1.807) is 73.2 Å². The largest absolute Gasteiger partial charge is 0.477 e. The van der Waals surface area contributed by atoms with Crippen LogP contribution in [-0.2, 0) is 23.4 Å². The number of esters is 1. The number of nitrogens with one attached hydrogen (secondary N) is 1. The molecule has 2 heterocycles. The fourth-order valence-corrected chi connectivity index (χ4v) is 5.59. The summed E-state index contributed by atoms with van der Waals surface area (Å²) in [6, 6.07) is 10.5. The van der Waals surface area contributed by atoms with Gasteiger partial charge in [-0.1, -0.05) is 30.4 Å². The molecule has 204 valence electrons. The van der Waals surface area contributed by atoms with Crippen molar-refractivity contribution in [2.75, 3.05) is 6.61 Å². The topological polar surface area (TPSA) is 124 Å². The molecule has 11 heteroatoms. The van der Waals surface area contributed by atoms with Crippen LogP contribution in [0, 0.1) is 11.8 Å². The smallest absolute Gasteiger partial charge is 0.459 e. The molecule has 3 rings (SSSR count). The minimum absolute atomic E-state index is 0.0981. The van der Waals surface area contributed by atoms with Crippen molar-refractivity contribution in [1.82, 2.24) is 5.09 Å². The number of nitrogens with zero attached hydrogens (tertiary/aromatic N) is 1. The van der Waals surface area contributed by atoms with Gasteiger partial charge < -0.3 is 19.1 Å². The van der Waals surface area contributed by atoms with Crippen molar-refractivity contribution in [1.29, 1.82) is 0 Å². The van der Waals surface area contributed by atoms with Crippen LogP contribution in [0.5, 0.6) is 5.75 Å². The second-order valence-electron chi connectivity index (χ2n) is 9.07. The molecular weight excluding hydrogens is 511 g/mol. The van der Waals surface area contributed by atoms with E-state index in [4.69, 9.17) is 18.5 Å². The number of carbonyl (C=O) groups is 2. The molecule has 1 aliphatic heterocycles. The number of carbonyl (C=O) groups excluding carboxylic acids is 1. The highest BCUT2D eigenvalue weighted by atomic mass is 31.2. The summed E-state index contributed by atoms with van der Waals surface area (Å²) in [6.45, 7) is 12.6. The van der Waals surface area contributed by atoms with Gasteiger partial charge in [0.1, 0.15) is 17.4 Å². The molecule has 1 saturated heterocycles. The maximum absolute atomic E-state index is 13.8. The third kappa shape index (κ3) is 7.39. The van der Waals surface area contributed by atoms with Crippen molar-refractivity contribution in [2.45, 2.75) is 45.2 Å². The first-order chi connectivity index (χ1) is 18.1. The highest BCUT2D eigenvalue weighted by molar-refractivity contribution is 7.52. The van der Waals surface area contributed by atoms with Crippen molar-refractivity contribution < 1.29 is 42.3 Å². The van der Waals surface area contributed by atoms with Crippen LogP contribution in [-0.4, -0.2) is 41.9 Å². The number of benzene rings is 1. The molecule has 2 N–H and O–H groups in total. The fraction of sp³-hybridized carbons (Fsp3) is 0.370. The molecule has 10 nitrogen and oxygen atoms in total. The lowest BCUT2D eigenvalue weighted by molar-refractivity contribution is -0.764. The molecule has 1 aromatic heterocycles. The van der Waals surface area contributed by atoms with Gasteiger partial charge >= 0.3 is 19.7 Å². The number of para-hydroxylation sites is 1. The van der Waals surface area contributed by atoms with Crippen LogP contribution < -0.4 is 14.2 Å². The summed E-state index contributed by atoms with van der Waals surface area (Å²) in [5.41, 5.74) is 0.0981. The average molecular weight is 546 g/mol. The number of aromatic carboxylic acids is 1. The Morgan fingerprint density at radius 2 is 1.82 bits per heavy atom. The number of rotatable bonds is 13. The van der Waals surface area contributed by atoms with E-state index >= 15 is 0 Å². The molecule has 0 spiro atoms. The standard InChI is InChI=1S/C27H33N2O8P/c1-6-22-23(7-2)25(29-15-11-12-20(16-29)26(30)31)36-24(22)17-34-38(33,37-21-13-9-8-10-14-21)28-19(5)27(32)35-18(3)4/h6-16,18-19,22-25H,1-2,17H2,3-5H3,(H-,28,30,31,33)/p+1/t19-,22-,23+,24+,25+,38?/m0/s1. The summed E-state index contributed by atoms with van der Waals surface area (Å²) in [5, 5.41) is 12.0. The van der Waals surface area contributed by atoms with Gasteiger partial charge in [0.2, 0.25) is 0 Å². The Labute approximate surface area is 222 Å². The zero-order valence-corrected chi connectivity index (χ0v) is 22.5. The van der Waals surface area contributed by atoms with Gasteiger partial charge in [-0.25, -0.2) is 9.36 Å². The van der Waals surface area contributed by atoms with Crippen molar-refractivity contribution in [3.05, 3.63) is 85.7 Å². The van der Waals surface area contributed by atoms with Crippen molar-refractivity contribution in [3.8, 4) is 5.75 Å². The third-order valence-corrected chi connectivity index (χ3v) is 7.50. The first-order valence-electron chi connectivity index (χ1n) is 12.2. The Kier molecular flexibility index (Phi) is 9.99. The summed E-state index contributed by atoms with van der Waals surface area (Å²) in [6.07, 6.45) is 4.98. The third-order valence-electron chi connectivity index (χ3n) is 5.86. The quantitative estimate of drug-likeness (QED) is 0.164. The van der Waals surface area contributed by atoms with Crippen molar-refractivity contribution >= 4 is 19.7 Å². The maximum Gasteiger partial charge on any atom is 0.459 e. The molecule has 6 atom stereocenters. The lowest BCUT2D eigenvalue weighted by Crippen LogP contribution is -2.42. The SMILES string of the molecule is C=C[C@@H]1[C@H](C=C)[C@@H](COP(=O)(N[C@@H](C)C(=O)OC(C)C)Oc2ccccc2)O[C@H]1[n+]1cccc(C(=O)O)c1. The molecule has 0 aliphatic carbocycles. The summed E-state index contributed by atoms with van der Waals surface area (Å²) < 4.78 is 38.5. The normalized spacial score (nSPS) is 23.3. The van der Waals surface area contributed by atoms with E-state index in [1.807, 2.05) is 0 Å². The number of hydrogen-bond acceptors (Lipinski definition) is 7. The van der Waals surface area contributed by atoms with Crippen LogP contribution >= 0.6 is 7.75 Å². The van der Waals surface area contributed by atoms with Gasteiger partial charge in [-0.15, -0.1) is 13.2 Å². The molecule has 1 unspecified atom stereocenters. The zero-order chi connectivity index (χ0) is 27.9. The highest BCUT2D eigenvalue weighted by Gasteiger charge is 2.48. The summed E-state index contributed by atoms with van der Waals surface area (Å²) in [4.78, 5) is 23.9. The predicted molar refractivity (Wildman–Crippen MR) is 139 cm³/mol. The van der Waals surface area contributed by atoms with Crippen LogP contribution in [0.2, 0.25) is 0 Å². The van der Waals surface area contributed by atoms with Crippen LogP contribution in [0.4, 0.5) is 0 Å². The van der Waals surface area contributed by atoms with Gasteiger partial charge in [0.15, 0.2) is 12.4 Å². The van der Waals surface area contributed by atoms with Gasteiger partial charge in [-0.2, -0.15) is 9.65 Å². The monoisotopic (exact) mass is 545 g/mol. The molecular formula is C27H34N2O8P+.